The van der Waals surface area contributed by atoms with Gasteiger partial charge in [-0.25, -0.2) is 8.42 Å². The third-order valence-corrected chi connectivity index (χ3v) is 5.59. The Hall–Kier alpha value is -2.38. The van der Waals surface area contributed by atoms with Crippen molar-refractivity contribution in [2.24, 2.45) is 0 Å². The molecule has 134 valence electrons. The summed E-state index contributed by atoms with van der Waals surface area (Å²) < 4.78 is 26.8. The Morgan fingerprint density at radius 2 is 1.84 bits per heavy atom. The molecule has 0 aliphatic heterocycles. The van der Waals surface area contributed by atoms with E-state index >= 15 is 0 Å². The van der Waals surface area contributed by atoms with Crippen molar-refractivity contribution in [3.63, 3.8) is 0 Å². The zero-order chi connectivity index (χ0) is 18.6. The summed E-state index contributed by atoms with van der Waals surface area (Å²) in [5.41, 5.74) is 1.79. The van der Waals surface area contributed by atoms with Crippen LogP contribution in [-0.4, -0.2) is 39.1 Å². The second-order valence-electron chi connectivity index (χ2n) is 5.89. The second kappa shape index (κ2) is 7.67. The van der Waals surface area contributed by atoms with Gasteiger partial charge in [-0.1, -0.05) is 23.8 Å². The minimum Gasteiger partial charge on any atom is -0.394 e. The maximum absolute atomic E-state index is 12.8. The lowest BCUT2D eigenvalue weighted by atomic mass is 10.2. The highest BCUT2D eigenvalue weighted by atomic mass is 32.2. The number of nitrogens with one attached hydrogen (secondary N) is 1. The van der Waals surface area contributed by atoms with Crippen molar-refractivity contribution in [2.75, 3.05) is 18.0 Å². The Kier molecular flexibility index (Phi) is 5.81. The van der Waals surface area contributed by atoms with Gasteiger partial charge in [0.2, 0.25) is 0 Å². The van der Waals surface area contributed by atoms with Crippen molar-refractivity contribution >= 4 is 21.6 Å². The first kappa shape index (κ1) is 19.0. The standard InChI is InChI=1S/C18H22N2O4S/c1-13-7-9-16(10-8-13)20(3)25(23,24)17-6-4-5-15(11-17)18(22)19-14(2)12-21/h4-11,14,21H,12H2,1-3H3,(H,19,22)/t14-/m0/s1. The lowest BCUT2D eigenvalue weighted by molar-refractivity contribution is 0.0922. The van der Waals surface area contributed by atoms with Gasteiger partial charge >= 0.3 is 0 Å². The van der Waals surface area contributed by atoms with Crippen LogP contribution in [0.3, 0.4) is 0 Å². The maximum atomic E-state index is 12.8. The summed E-state index contributed by atoms with van der Waals surface area (Å²) >= 11 is 0. The van der Waals surface area contributed by atoms with E-state index < -0.39 is 22.0 Å². The SMILES string of the molecule is Cc1ccc(N(C)S(=O)(=O)c2cccc(C(=O)N[C@@H](C)CO)c2)cc1. The number of carbonyl (C=O) groups excluding carboxylic acids is 1. The molecule has 0 saturated carbocycles. The monoisotopic (exact) mass is 362 g/mol. The van der Waals surface area contributed by atoms with E-state index in [0.717, 1.165) is 5.56 Å². The van der Waals surface area contributed by atoms with Crippen LogP contribution in [0.4, 0.5) is 5.69 Å². The molecule has 0 unspecified atom stereocenters. The third kappa shape index (κ3) is 4.37. The Bertz CT molecular complexity index is 848. The van der Waals surface area contributed by atoms with Crippen molar-refractivity contribution in [1.29, 1.82) is 0 Å². The summed E-state index contributed by atoms with van der Waals surface area (Å²) in [6, 6.07) is 12.6. The average molecular weight is 362 g/mol. The van der Waals surface area contributed by atoms with E-state index in [1.165, 1.54) is 35.6 Å². The molecule has 25 heavy (non-hydrogen) atoms. The Labute approximate surface area is 148 Å². The van der Waals surface area contributed by atoms with Gasteiger partial charge in [-0.05, 0) is 44.2 Å². The first-order valence-electron chi connectivity index (χ1n) is 7.83. The van der Waals surface area contributed by atoms with Crippen LogP contribution in [0.5, 0.6) is 0 Å². The molecule has 1 amide bonds. The van der Waals surface area contributed by atoms with E-state index in [1.54, 1.807) is 19.1 Å². The van der Waals surface area contributed by atoms with Crippen molar-refractivity contribution < 1.29 is 18.3 Å². The van der Waals surface area contributed by atoms with Crippen LogP contribution in [-0.2, 0) is 10.0 Å². The topological polar surface area (TPSA) is 86.7 Å². The van der Waals surface area contributed by atoms with Crippen LogP contribution in [0, 0.1) is 6.92 Å². The maximum Gasteiger partial charge on any atom is 0.264 e. The number of anilines is 1. The van der Waals surface area contributed by atoms with Crippen molar-refractivity contribution in [3.05, 3.63) is 59.7 Å². The number of aliphatic hydroxyl groups is 1. The van der Waals surface area contributed by atoms with Crippen LogP contribution in [0.25, 0.3) is 0 Å². The number of benzene rings is 2. The molecule has 2 aromatic rings. The number of nitrogens with zero attached hydrogens (tertiary/aromatic N) is 1. The Balaban J connectivity index is 2.32. The normalized spacial score (nSPS) is 12.5. The molecule has 0 fully saturated rings. The zero-order valence-corrected chi connectivity index (χ0v) is 15.2. The van der Waals surface area contributed by atoms with Gasteiger partial charge in [0.15, 0.2) is 0 Å². The molecule has 1 atom stereocenters. The van der Waals surface area contributed by atoms with E-state index in [4.69, 9.17) is 5.11 Å². The number of hydrogen-bond acceptors (Lipinski definition) is 4. The largest absolute Gasteiger partial charge is 0.394 e. The first-order valence-corrected chi connectivity index (χ1v) is 9.27. The lowest BCUT2D eigenvalue weighted by Gasteiger charge is -2.20. The molecule has 0 aliphatic carbocycles. The fraction of sp³-hybridized carbons (Fsp3) is 0.278. The summed E-state index contributed by atoms with van der Waals surface area (Å²) in [7, 11) is -2.32. The average Bonchev–Trinajstić information content (AvgIpc) is 2.61. The predicted octanol–water partition coefficient (Wildman–Crippen LogP) is 1.93. The summed E-state index contributed by atoms with van der Waals surface area (Å²) in [5, 5.41) is 11.6. The summed E-state index contributed by atoms with van der Waals surface area (Å²) in [6.07, 6.45) is 0. The van der Waals surface area contributed by atoms with Gasteiger partial charge in [0.05, 0.1) is 17.2 Å². The van der Waals surface area contributed by atoms with Gasteiger partial charge in [0.25, 0.3) is 15.9 Å². The van der Waals surface area contributed by atoms with E-state index in [9.17, 15) is 13.2 Å². The number of aryl methyl sites for hydroxylation is 1. The highest BCUT2D eigenvalue weighted by molar-refractivity contribution is 7.92. The second-order valence-corrected chi connectivity index (χ2v) is 7.86. The number of amides is 1. The van der Waals surface area contributed by atoms with E-state index in [-0.39, 0.29) is 17.1 Å². The highest BCUT2D eigenvalue weighted by Gasteiger charge is 2.22. The predicted molar refractivity (Wildman–Crippen MR) is 97.2 cm³/mol. The van der Waals surface area contributed by atoms with Crippen molar-refractivity contribution in [1.82, 2.24) is 5.32 Å². The van der Waals surface area contributed by atoms with Crippen LogP contribution >= 0.6 is 0 Å². The Morgan fingerprint density at radius 1 is 1.20 bits per heavy atom. The molecule has 0 bridgehead atoms. The van der Waals surface area contributed by atoms with Gasteiger partial charge in [-0.15, -0.1) is 0 Å². The lowest BCUT2D eigenvalue weighted by Crippen LogP contribution is -2.35. The third-order valence-electron chi connectivity index (χ3n) is 3.80. The van der Waals surface area contributed by atoms with Gasteiger partial charge in [-0.3, -0.25) is 9.10 Å². The highest BCUT2D eigenvalue weighted by Crippen LogP contribution is 2.23. The van der Waals surface area contributed by atoms with Crippen LogP contribution in [0.15, 0.2) is 53.4 Å². The number of hydrogen-bond donors (Lipinski definition) is 2. The number of aliphatic hydroxyl groups excluding tert-OH is 1. The molecule has 0 saturated heterocycles. The minimum absolute atomic E-state index is 0.0277. The van der Waals surface area contributed by atoms with E-state index in [0.29, 0.717) is 5.69 Å². The van der Waals surface area contributed by atoms with Crippen molar-refractivity contribution in [3.8, 4) is 0 Å². The molecular formula is C18H22N2O4S. The molecule has 6 nitrogen and oxygen atoms in total. The van der Waals surface area contributed by atoms with Crippen LogP contribution in [0.2, 0.25) is 0 Å². The fourth-order valence-corrected chi connectivity index (χ4v) is 3.44. The molecule has 0 aliphatic rings. The van der Waals surface area contributed by atoms with Gasteiger partial charge in [0.1, 0.15) is 0 Å². The fourth-order valence-electron chi connectivity index (χ4n) is 2.20. The van der Waals surface area contributed by atoms with Gasteiger partial charge < -0.3 is 10.4 Å². The Morgan fingerprint density at radius 3 is 2.44 bits per heavy atom. The summed E-state index contributed by atoms with van der Waals surface area (Å²) in [5.74, 6) is -0.434. The molecule has 0 aromatic heterocycles. The van der Waals surface area contributed by atoms with E-state index in [1.807, 2.05) is 19.1 Å². The van der Waals surface area contributed by atoms with E-state index in [2.05, 4.69) is 5.32 Å². The molecule has 0 radical (unpaired) electrons. The quantitative estimate of drug-likeness (QED) is 0.822. The molecule has 0 heterocycles. The van der Waals surface area contributed by atoms with Crippen LogP contribution < -0.4 is 9.62 Å². The summed E-state index contributed by atoms with van der Waals surface area (Å²) in [4.78, 5) is 12.2. The first-order chi connectivity index (χ1) is 11.8. The number of rotatable bonds is 6. The summed E-state index contributed by atoms with van der Waals surface area (Å²) in [6.45, 7) is 3.39. The zero-order valence-electron chi connectivity index (χ0n) is 14.4. The molecular weight excluding hydrogens is 340 g/mol. The number of sulfonamides is 1. The molecule has 7 heteroatoms. The molecule has 2 rings (SSSR count). The number of carbonyl (C=O) groups is 1. The minimum atomic E-state index is -3.79. The smallest absolute Gasteiger partial charge is 0.264 e. The molecule has 0 spiro atoms. The van der Waals surface area contributed by atoms with Crippen LogP contribution in [0.1, 0.15) is 22.8 Å². The van der Waals surface area contributed by atoms with Crippen molar-refractivity contribution in [2.45, 2.75) is 24.8 Å². The molecule has 2 N–H and O–H groups in total. The molecule has 2 aromatic carbocycles. The van der Waals surface area contributed by atoms with Gasteiger partial charge in [-0.2, -0.15) is 0 Å². The van der Waals surface area contributed by atoms with Gasteiger partial charge in [0, 0.05) is 18.7 Å².